The number of aryl methyl sites for hydroxylation is 2. The maximum absolute atomic E-state index is 4.96. The van der Waals surface area contributed by atoms with Crippen LogP contribution in [0.25, 0.3) is 0 Å². The van der Waals surface area contributed by atoms with E-state index in [1.165, 1.54) is 23.2 Å². The zero-order valence-electron chi connectivity index (χ0n) is 16.0. The van der Waals surface area contributed by atoms with E-state index in [9.17, 15) is 0 Å². The van der Waals surface area contributed by atoms with Crippen molar-refractivity contribution in [2.75, 3.05) is 0 Å². The Morgan fingerprint density at radius 3 is 2.48 bits per heavy atom. The first-order chi connectivity index (χ1) is 13.2. The van der Waals surface area contributed by atoms with Gasteiger partial charge in [-0.25, -0.2) is 0 Å². The molecule has 0 aromatic carbocycles. The molecule has 4 rings (SSSR count). The maximum atomic E-state index is 4.96. The molecule has 1 aliphatic rings. The molecule has 2 unspecified atom stereocenters. The predicted octanol–water partition coefficient (Wildman–Crippen LogP) is 4.64. The van der Waals surface area contributed by atoms with E-state index < -0.39 is 0 Å². The van der Waals surface area contributed by atoms with E-state index in [4.69, 9.17) is 4.98 Å². The lowest BCUT2D eigenvalue weighted by molar-refractivity contribution is 0.320. The van der Waals surface area contributed by atoms with Crippen molar-refractivity contribution in [3.63, 3.8) is 0 Å². The second-order valence-corrected chi connectivity index (χ2v) is 7.41. The van der Waals surface area contributed by atoms with Crippen molar-refractivity contribution < 1.29 is 0 Å². The molecule has 4 nitrogen and oxygen atoms in total. The molecule has 0 bridgehead atoms. The van der Waals surface area contributed by atoms with Crippen molar-refractivity contribution in [2.45, 2.75) is 51.6 Å². The third-order valence-corrected chi connectivity index (χ3v) is 5.42. The first kappa shape index (κ1) is 17.8. The molecule has 138 valence electrons. The van der Waals surface area contributed by atoms with Crippen molar-refractivity contribution in [3.05, 3.63) is 88.8 Å². The molecular formula is C23H26N4. The van der Waals surface area contributed by atoms with Gasteiger partial charge in [-0.3, -0.25) is 15.0 Å². The van der Waals surface area contributed by atoms with Crippen molar-refractivity contribution in [1.29, 1.82) is 0 Å². The highest BCUT2D eigenvalue weighted by atomic mass is 15.0. The van der Waals surface area contributed by atoms with Gasteiger partial charge in [0.1, 0.15) is 0 Å². The Morgan fingerprint density at radius 2 is 1.67 bits per heavy atom. The lowest BCUT2D eigenvalue weighted by Gasteiger charge is -2.31. The molecule has 3 aromatic heterocycles. The monoisotopic (exact) mass is 358 g/mol. The summed E-state index contributed by atoms with van der Waals surface area (Å²) in [5.41, 5.74) is 6.93. The van der Waals surface area contributed by atoms with Gasteiger partial charge in [0.05, 0.1) is 17.4 Å². The minimum absolute atomic E-state index is 0.273. The normalized spacial score (nSPS) is 19.8. The molecule has 0 saturated carbocycles. The molecule has 1 aliphatic heterocycles. The fraction of sp³-hybridized carbons (Fsp3) is 0.348. The van der Waals surface area contributed by atoms with Gasteiger partial charge < -0.3 is 5.32 Å². The Hall–Kier alpha value is -2.59. The van der Waals surface area contributed by atoms with Crippen molar-refractivity contribution in [1.82, 2.24) is 20.3 Å². The van der Waals surface area contributed by atoms with Gasteiger partial charge >= 0.3 is 0 Å². The van der Waals surface area contributed by atoms with Gasteiger partial charge in [0, 0.05) is 36.2 Å². The van der Waals surface area contributed by atoms with E-state index in [1.807, 2.05) is 24.5 Å². The van der Waals surface area contributed by atoms with Crippen molar-refractivity contribution >= 4 is 0 Å². The molecule has 0 amide bonds. The summed E-state index contributed by atoms with van der Waals surface area (Å²) in [6, 6.07) is 15.2. The van der Waals surface area contributed by atoms with Crippen LogP contribution in [0.3, 0.4) is 0 Å². The summed E-state index contributed by atoms with van der Waals surface area (Å²) in [5, 5.41) is 3.79. The van der Waals surface area contributed by atoms with Crippen molar-refractivity contribution in [3.8, 4) is 0 Å². The fourth-order valence-corrected chi connectivity index (χ4v) is 3.91. The number of nitrogens with one attached hydrogen (secondary N) is 1. The fourth-order valence-electron chi connectivity index (χ4n) is 3.91. The van der Waals surface area contributed by atoms with Gasteiger partial charge in [0.15, 0.2) is 0 Å². The molecule has 4 heteroatoms. The molecule has 27 heavy (non-hydrogen) atoms. The molecule has 0 radical (unpaired) electrons. The third kappa shape index (κ3) is 4.06. The molecule has 1 N–H and O–H groups in total. The van der Waals surface area contributed by atoms with E-state index in [2.05, 4.69) is 59.5 Å². The predicted molar refractivity (Wildman–Crippen MR) is 107 cm³/mol. The molecule has 1 fully saturated rings. The van der Waals surface area contributed by atoms with Crippen LogP contribution in [0.15, 0.2) is 54.9 Å². The lowest BCUT2D eigenvalue weighted by atomic mass is 9.92. The average Bonchev–Trinajstić information content (AvgIpc) is 2.70. The SMILES string of the molecule is Cc1cccnc1Cc1cccc(C2CCCC(c3ncccc3C)N2)n1. The number of hydrogen-bond acceptors (Lipinski definition) is 4. The Labute approximate surface area is 161 Å². The summed E-state index contributed by atoms with van der Waals surface area (Å²) in [4.78, 5) is 14.1. The highest BCUT2D eigenvalue weighted by molar-refractivity contribution is 5.26. The topological polar surface area (TPSA) is 50.7 Å². The zero-order chi connectivity index (χ0) is 18.6. The Kier molecular flexibility index (Phi) is 5.26. The summed E-state index contributed by atoms with van der Waals surface area (Å²) in [5.74, 6) is 0. The van der Waals surface area contributed by atoms with Crippen LogP contribution in [-0.2, 0) is 6.42 Å². The molecule has 0 spiro atoms. The van der Waals surface area contributed by atoms with E-state index in [0.29, 0.717) is 6.04 Å². The zero-order valence-corrected chi connectivity index (χ0v) is 16.0. The van der Waals surface area contributed by atoms with Crippen LogP contribution < -0.4 is 5.32 Å². The van der Waals surface area contributed by atoms with E-state index in [0.717, 1.165) is 36.3 Å². The van der Waals surface area contributed by atoms with Crippen LogP contribution in [0.1, 0.15) is 65.2 Å². The Bertz CT molecular complexity index is 922. The van der Waals surface area contributed by atoms with Gasteiger partial charge in [-0.15, -0.1) is 0 Å². The quantitative estimate of drug-likeness (QED) is 0.738. The minimum atomic E-state index is 0.273. The number of rotatable bonds is 4. The Balaban J connectivity index is 1.53. The van der Waals surface area contributed by atoms with Gasteiger partial charge in [0.25, 0.3) is 0 Å². The van der Waals surface area contributed by atoms with Crippen LogP contribution in [-0.4, -0.2) is 15.0 Å². The van der Waals surface area contributed by atoms with Crippen molar-refractivity contribution in [2.24, 2.45) is 0 Å². The first-order valence-corrected chi connectivity index (χ1v) is 9.74. The van der Waals surface area contributed by atoms with Gasteiger partial charge in [-0.2, -0.15) is 0 Å². The molecule has 4 heterocycles. The standard InChI is InChI=1S/C23H26N4/c1-16-7-5-13-24-22(16)15-18-9-3-10-19(26-18)20-11-4-12-21(27-20)23-17(2)8-6-14-25-23/h3,5-10,13-14,20-21,27H,4,11-12,15H2,1-2H3. The number of aromatic nitrogens is 3. The highest BCUT2D eigenvalue weighted by Crippen LogP contribution is 2.32. The smallest absolute Gasteiger partial charge is 0.0602 e. The molecular weight excluding hydrogens is 332 g/mol. The van der Waals surface area contributed by atoms with Gasteiger partial charge in [-0.1, -0.05) is 18.2 Å². The number of piperidine rings is 1. The third-order valence-electron chi connectivity index (χ3n) is 5.42. The number of nitrogens with zero attached hydrogens (tertiary/aromatic N) is 3. The summed E-state index contributed by atoms with van der Waals surface area (Å²) in [6.45, 7) is 4.25. The van der Waals surface area contributed by atoms with E-state index in [1.54, 1.807) is 0 Å². The number of hydrogen-bond donors (Lipinski definition) is 1. The number of pyridine rings is 3. The maximum Gasteiger partial charge on any atom is 0.0602 e. The first-order valence-electron chi connectivity index (χ1n) is 9.74. The Morgan fingerprint density at radius 1 is 0.889 bits per heavy atom. The minimum Gasteiger partial charge on any atom is -0.300 e. The van der Waals surface area contributed by atoms with Gasteiger partial charge in [-0.05, 0) is 68.5 Å². The molecule has 3 aromatic rings. The summed E-state index contributed by atoms with van der Waals surface area (Å²) in [6.07, 6.45) is 7.94. The van der Waals surface area contributed by atoms with Crippen LogP contribution in [0.5, 0.6) is 0 Å². The second-order valence-electron chi connectivity index (χ2n) is 7.41. The average molecular weight is 358 g/mol. The van der Waals surface area contributed by atoms with Crippen LogP contribution in [0.2, 0.25) is 0 Å². The lowest BCUT2D eigenvalue weighted by Crippen LogP contribution is -2.32. The summed E-state index contributed by atoms with van der Waals surface area (Å²) in [7, 11) is 0. The molecule has 0 aliphatic carbocycles. The van der Waals surface area contributed by atoms with Crippen LogP contribution in [0, 0.1) is 13.8 Å². The molecule has 1 saturated heterocycles. The summed E-state index contributed by atoms with van der Waals surface area (Å²) >= 11 is 0. The second kappa shape index (κ2) is 7.97. The highest BCUT2D eigenvalue weighted by Gasteiger charge is 2.26. The van der Waals surface area contributed by atoms with Crippen LogP contribution in [0.4, 0.5) is 0 Å². The van der Waals surface area contributed by atoms with Crippen LogP contribution >= 0.6 is 0 Å². The summed E-state index contributed by atoms with van der Waals surface area (Å²) < 4.78 is 0. The molecule has 2 atom stereocenters. The van der Waals surface area contributed by atoms with Gasteiger partial charge in [0.2, 0.25) is 0 Å². The van der Waals surface area contributed by atoms with E-state index >= 15 is 0 Å². The largest absolute Gasteiger partial charge is 0.300 e. The van der Waals surface area contributed by atoms with E-state index in [-0.39, 0.29) is 6.04 Å².